The number of benzene rings is 1. The number of nitrogens with two attached hydrogens (primary N) is 1. The molecule has 0 amide bonds. The van der Waals surface area contributed by atoms with Gasteiger partial charge in [0.1, 0.15) is 0 Å². The summed E-state index contributed by atoms with van der Waals surface area (Å²) in [5, 5.41) is 0. The molecule has 3 nitrogen and oxygen atoms in total. The van der Waals surface area contributed by atoms with Crippen LogP contribution in [-0.4, -0.2) is 9.88 Å². The number of rotatable bonds is 2. The van der Waals surface area contributed by atoms with E-state index in [-0.39, 0.29) is 0 Å². The second-order valence-corrected chi connectivity index (χ2v) is 4.49. The molecule has 0 atom stereocenters. The number of anilines is 1. The van der Waals surface area contributed by atoms with Crippen LogP contribution < -0.4 is 5.73 Å². The molecule has 17 heavy (non-hydrogen) atoms. The van der Waals surface area contributed by atoms with E-state index in [1.54, 1.807) is 0 Å². The third-order valence-electron chi connectivity index (χ3n) is 3.24. The summed E-state index contributed by atoms with van der Waals surface area (Å²) in [6.07, 6.45) is 3.68. The van der Waals surface area contributed by atoms with Gasteiger partial charge in [0.2, 0.25) is 0 Å². The topological polar surface area (TPSA) is 42.1 Å². The van der Waals surface area contributed by atoms with E-state index >= 15 is 0 Å². The number of hydrogen-bond donors (Lipinski definition) is 1. The van der Waals surface area contributed by atoms with Crippen molar-refractivity contribution in [3.05, 3.63) is 59.4 Å². The van der Waals surface area contributed by atoms with E-state index < -0.39 is 0 Å². The summed E-state index contributed by atoms with van der Waals surface area (Å²) in [4.78, 5) is 6.43. The van der Waals surface area contributed by atoms with E-state index in [4.69, 9.17) is 5.73 Å². The first kappa shape index (κ1) is 10.3. The molecular weight excluding hydrogens is 210 g/mol. The molecule has 1 aliphatic rings. The Morgan fingerprint density at radius 1 is 1.12 bits per heavy atom. The maximum atomic E-state index is 5.99. The Labute approximate surface area is 101 Å². The van der Waals surface area contributed by atoms with Crippen LogP contribution in [0.15, 0.2) is 42.7 Å². The lowest BCUT2D eigenvalue weighted by Gasteiger charge is -2.14. The molecule has 0 saturated carbocycles. The minimum Gasteiger partial charge on any atom is -0.398 e. The molecule has 0 aliphatic carbocycles. The minimum atomic E-state index is 0.916. The molecular formula is C14H15N3. The van der Waals surface area contributed by atoms with Crippen molar-refractivity contribution in [3.8, 4) is 0 Å². The molecule has 2 N–H and O–H groups in total. The van der Waals surface area contributed by atoms with Gasteiger partial charge in [0.15, 0.2) is 0 Å². The molecule has 86 valence electrons. The van der Waals surface area contributed by atoms with Crippen molar-refractivity contribution in [1.82, 2.24) is 9.88 Å². The Balaban J connectivity index is 1.77. The molecule has 3 rings (SSSR count). The van der Waals surface area contributed by atoms with Crippen LogP contribution in [0.2, 0.25) is 0 Å². The van der Waals surface area contributed by atoms with Crippen molar-refractivity contribution in [1.29, 1.82) is 0 Å². The number of nitrogens with zero attached hydrogens (tertiary/aromatic N) is 2. The van der Waals surface area contributed by atoms with Gasteiger partial charge >= 0.3 is 0 Å². The second-order valence-electron chi connectivity index (χ2n) is 4.49. The Morgan fingerprint density at radius 2 is 1.94 bits per heavy atom. The van der Waals surface area contributed by atoms with Crippen molar-refractivity contribution in [2.24, 2.45) is 0 Å². The summed E-state index contributed by atoms with van der Waals surface area (Å²) in [6.45, 7) is 2.89. The summed E-state index contributed by atoms with van der Waals surface area (Å²) >= 11 is 0. The first-order valence-corrected chi connectivity index (χ1v) is 5.80. The van der Waals surface area contributed by atoms with Gasteiger partial charge in [-0.05, 0) is 34.9 Å². The van der Waals surface area contributed by atoms with Crippen molar-refractivity contribution < 1.29 is 0 Å². The molecule has 3 heteroatoms. The monoisotopic (exact) mass is 225 g/mol. The van der Waals surface area contributed by atoms with E-state index in [1.165, 1.54) is 16.7 Å². The second kappa shape index (κ2) is 4.18. The Morgan fingerprint density at radius 3 is 2.71 bits per heavy atom. The first-order valence-electron chi connectivity index (χ1n) is 5.80. The highest BCUT2D eigenvalue weighted by Gasteiger charge is 2.20. The highest BCUT2D eigenvalue weighted by molar-refractivity contribution is 5.52. The maximum absolute atomic E-state index is 5.99. The van der Waals surface area contributed by atoms with Crippen LogP contribution in [0.4, 0.5) is 5.69 Å². The first-order chi connectivity index (χ1) is 8.33. The van der Waals surface area contributed by atoms with Crippen LogP contribution in [0.3, 0.4) is 0 Å². The fourth-order valence-electron chi connectivity index (χ4n) is 2.37. The lowest BCUT2D eigenvalue weighted by Crippen LogP contribution is -2.15. The lowest BCUT2D eigenvalue weighted by atomic mass is 10.1. The molecule has 2 heterocycles. The predicted octanol–water partition coefficient (Wildman–Crippen LogP) is 2.18. The molecule has 2 aromatic rings. The molecule has 1 aromatic carbocycles. The van der Waals surface area contributed by atoms with E-state index in [1.807, 2.05) is 24.5 Å². The zero-order valence-electron chi connectivity index (χ0n) is 9.63. The van der Waals surface area contributed by atoms with Gasteiger partial charge in [0.25, 0.3) is 0 Å². The molecule has 0 unspecified atom stereocenters. The van der Waals surface area contributed by atoms with Gasteiger partial charge in [-0.15, -0.1) is 0 Å². The average molecular weight is 225 g/mol. The summed E-state index contributed by atoms with van der Waals surface area (Å²) in [6, 6.07) is 10.3. The maximum Gasteiger partial charge on any atom is 0.0363 e. The molecule has 0 bridgehead atoms. The van der Waals surface area contributed by atoms with Crippen molar-refractivity contribution >= 4 is 5.69 Å². The van der Waals surface area contributed by atoms with Crippen LogP contribution in [0.5, 0.6) is 0 Å². The van der Waals surface area contributed by atoms with Gasteiger partial charge in [-0.25, -0.2) is 0 Å². The van der Waals surface area contributed by atoms with Gasteiger partial charge in [0.05, 0.1) is 0 Å². The van der Waals surface area contributed by atoms with Crippen LogP contribution in [0, 0.1) is 0 Å². The summed E-state index contributed by atoms with van der Waals surface area (Å²) in [7, 11) is 0. The molecule has 0 fully saturated rings. The molecule has 0 radical (unpaired) electrons. The summed E-state index contributed by atoms with van der Waals surface area (Å²) in [5.41, 5.74) is 10.9. The Hall–Kier alpha value is -1.87. The number of pyridine rings is 1. The number of nitrogen functional groups attached to an aromatic ring is 1. The van der Waals surface area contributed by atoms with Crippen molar-refractivity contribution in [2.75, 3.05) is 5.73 Å². The standard InChI is InChI=1S/C14H15N3/c15-14-3-1-2-12-9-17(10-13(12)14)8-11-4-6-16-7-5-11/h1-7H,8-10,15H2. The highest BCUT2D eigenvalue weighted by Crippen LogP contribution is 2.28. The van der Waals surface area contributed by atoms with Crippen molar-refractivity contribution in [3.63, 3.8) is 0 Å². The molecule has 1 aromatic heterocycles. The largest absolute Gasteiger partial charge is 0.398 e. The lowest BCUT2D eigenvalue weighted by molar-refractivity contribution is 0.275. The smallest absolute Gasteiger partial charge is 0.0363 e. The van der Waals surface area contributed by atoms with Crippen LogP contribution in [-0.2, 0) is 19.6 Å². The zero-order valence-corrected chi connectivity index (χ0v) is 9.63. The Bertz CT molecular complexity index is 522. The average Bonchev–Trinajstić information content (AvgIpc) is 2.74. The quantitative estimate of drug-likeness (QED) is 0.796. The van der Waals surface area contributed by atoms with Crippen molar-refractivity contribution in [2.45, 2.75) is 19.6 Å². The fourth-order valence-corrected chi connectivity index (χ4v) is 2.37. The van der Waals surface area contributed by atoms with Crippen LogP contribution in [0.1, 0.15) is 16.7 Å². The van der Waals surface area contributed by atoms with E-state index in [0.717, 1.165) is 25.3 Å². The van der Waals surface area contributed by atoms with E-state index in [9.17, 15) is 0 Å². The van der Waals surface area contributed by atoms with Gasteiger partial charge in [-0.3, -0.25) is 9.88 Å². The number of aromatic nitrogens is 1. The normalized spacial score (nSPS) is 14.8. The molecule has 0 saturated heterocycles. The minimum absolute atomic E-state index is 0.916. The van der Waals surface area contributed by atoms with E-state index in [2.05, 4.69) is 28.1 Å². The third kappa shape index (κ3) is 2.01. The van der Waals surface area contributed by atoms with Crippen LogP contribution >= 0.6 is 0 Å². The van der Waals surface area contributed by atoms with Crippen LogP contribution in [0.25, 0.3) is 0 Å². The molecule has 1 aliphatic heterocycles. The van der Waals surface area contributed by atoms with Gasteiger partial charge < -0.3 is 5.73 Å². The fraction of sp³-hybridized carbons (Fsp3) is 0.214. The Kier molecular flexibility index (Phi) is 2.53. The zero-order chi connectivity index (χ0) is 11.7. The molecule has 0 spiro atoms. The van der Waals surface area contributed by atoms with E-state index in [0.29, 0.717) is 0 Å². The van der Waals surface area contributed by atoms with Gasteiger partial charge in [-0.1, -0.05) is 12.1 Å². The number of hydrogen-bond acceptors (Lipinski definition) is 3. The summed E-state index contributed by atoms with van der Waals surface area (Å²) < 4.78 is 0. The SMILES string of the molecule is Nc1cccc2c1CN(Cc1ccncc1)C2. The van der Waals surface area contributed by atoms with Gasteiger partial charge in [-0.2, -0.15) is 0 Å². The van der Waals surface area contributed by atoms with Gasteiger partial charge in [0, 0.05) is 37.7 Å². The highest BCUT2D eigenvalue weighted by atomic mass is 15.1. The predicted molar refractivity (Wildman–Crippen MR) is 68.0 cm³/mol. The summed E-state index contributed by atoms with van der Waals surface area (Å²) in [5.74, 6) is 0. The third-order valence-corrected chi connectivity index (χ3v) is 3.24. The number of fused-ring (bicyclic) bond motifs is 1.